The van der Waals surface area contributed by atoms with E-state index in [4.69, 9.17) is 0 Å². The minimum absolute atomic E-state index is 0.0364. The summed E-state index contributed by atoms with van der Waals surface area (Å²) >= 11 is 0. The van der Waals surface area contributed by atoms with Crippen LogP contribution in [0.4, 0.5) is 0 Å². The van der Waals surface area contributed by atoms with Crippen molar-refractivity contribution < 1.29 is 24.6 Å². The highest BCUT2D eigenvalue weighted by Crippen LogP contribution is 2.33. The van der Waals surface area contributed by atoms with Gasteiger partial charge in [0.05, 0.1) is 6.10 Å². The van der Waals surface area contributed by atoms with Crippen molar-refractivity contribution in [3.05, 3.63) is 36.5 Å². The Kier molecular flexibility index (Phi) is 8.04. The van der Waals surface area contributed by atoms with Crippen LogP contribution in [0.3, 0.4) is 0 Å². The lowest BCUT2D eigenvalue weighted by Gasteiger charge is -2.26. The third kappa shape index (κ3) is 6.05. The summed E-state index contributed by atoms with van der Waals surface area (Å²) in [6.45, 7) is 7.05. The molecular weight excluding hydrogens is 286 g/mol. The smallest absolute Gasteiger partial charge is 0.317 e. The van der Waals surface area contributed by atoms with Gasteiger partial charge in [-0.15, -0.1) is 0 Å². The molecular formula is C16H23NO5. The summed E-state index contributed by atoms with van der Waals surface area (Å²) in [7, 11) is 0. The van der Waals surface area contributed by atoms with E-state index < -0.39 is 17.5 Å². The first kappa shape index (κ1) is 19.8. The Hall–Kier alpha value is -2.21. The molecule has 0 saturated carbocycles. The molecule has 0 atom stereocenters. The number of allylic oxidation sites excluding steroid dienone is 1. The second-order valence-corrected chi connectivity index (χ2v) is 4.93. The first-order chi connectivity index (χ1) is 10.2. The van der Waals surface area contributed by atoms with Crippen LogP contribution >= 0.6 is 0 Å². The molecule has 122 valence electrons. The number of carboxylic acids is 1. The summed E-state index contributed by atoms with van der Waals surface area (Å²) in [6.07, 6.45) is 5.65. The van der Waals surface area contributed by atoms with Crippen molar-refractivity contribution in [1.29, 1.82) is 0 Å². The standard InChI is InChI=1S/C13H16O4.C3H7NO/c1-3-11(15)9(2)8-13(12(16)17)6-4-10(14)5-7-13;1-2-3(4)5/h4-7,10,14H,2-3,8H2,1H3,(H,16,17);2H2,1H3,(H2,4,5). The number of primary amides is 1. The van der Waals surface area contributed by atoms with Gasteiger partial charge in [0.2, 0.25) is 5.91 Å². The van der Waals surface area contributed by atoms with Crippen LogP contribution in [0.1, 0.15) is 33.1 Å². The van der Waals surface area contributed by atoms with Crippen LogP contribution in [0.2, 0.25) is 0 Å². The molecule has 6 nitrogen and oxygen atoms in total. The third-order valence-electron chi connectivity index (χ3n) is 3.15. The first-order valence-electron chi connectivity index (χ1n) is 6.98. The summed E-state index contributed by atoms with van der Waals surface area (Å²) in [5.74, 6) is -1.44. The van der Waals surface area contributed by atoms with Gasteiger partial charge >= 0.3 is 5.97 Å². The Bertz CT molecular complexity index is 491. The number of carbonyl (C=O) groups is 3. The lowest BCUT2D eigenvalue weighted by molar-refractivity contribution is -0.143. The van der Waals surface area contributed by atoms with Crippen LogP contribution in [0.25, 0.3) is 0 Å². The Labute approximate surface area is 130 Å². The molecule has 1 aliphatic carbocycles. The highest BCUT2D eigenvalue weighted by atomic mass is 16.4. The molecule has 0 fully saturated rings. The van der Waals surface area contributed by atoms with Crippen molar-refractivity contribution in [2.24, 2.45) is 11.1 Å². The molecule has 4 N–H and O–H groups in total. The van der Waals surface area contributed by atoms with E-state index in [1.54, 1.807) is 13.8 Å². The molecule has 0 aromatic carbocycles. The van der Waals surface area contributed by atoms with Gasteiger partial charge in [0.15, 0.2) is 5.78 Å². The quantitative estimate of drug-likeness (QED) is 0.505. The molecule has 6 heteroatoms. The number of aliphatic hydroxyl groups excluding tert-OH is 1. The van der Waals surface area contributed by atoms with Gasteiger partial charge < -0.3 is 15.9 Å². The number of rotatable bonds is 6. The minimum atomic E-state index is -1.26. The monoisotopic (exact) mass is 309 g/mol. The van der Waals surface area contributed by atoms with E-state index in [1.807, 2.05) is 0 Å². The molecule has 0 aromatic rings. The number of carboxylic acid groups (broad SMARTS) is 1. The molecule has 1 aliphatic rings. The molecule has 0 aliphatic heterocycles. The summed E-state index contributed by atoms with van der Waals surface area (Å²) < 4.78 is 0. The third-order valence-corrected chi connectivity index (χ3v) is 3.15. The maximum absolute atomic E-state index is 11.4. The lowest BCUT2D eigenvalue weighted by Crippen LogP contribution is -2.30. The molecule has 0 heterocycles. The molecule has 1 rings (SSSR count). The molecule has 0 spiro atoms. The van der Waals surface area contributed by atoms with Gasteiger partial charge in [-0.2, -0.15) is 0 Å². The Morgan fingerprint density at radius 1 is 1.18 bits per heavy atom. The van der Waals surface area contributed by atoms with E-state index in [2.05, 4.69) is 12.3 Å². The SMILES string of the molecule is C=C(CC1(C(=O)O)C=CC(O)C=C1)C(=O)CC.CCC(N)=O. The van der Waals surface area contributed by atoms with Gasteiger partial charge in [-0.3, -0.25) is 14.4 Å². The highest BCUT2D eigenvalue weighted by molar-refractivity contribution is 5.96. The van der Waals surface area contributed by atoms with Gasteiger partial charge in [-0.05, 0) is 12.0 Å². The van der Waals surface area contributed by atoms with Crippen LogP contribution in [0, 0.1) is 5.41 Å². The molecule has 0 bridgehead atoms. The summed E-state index contributed by atoms with van der Waals surface area (Å²) in [5, 5.41) is 18.5. The molecule has 0 aromatic heterocycles. The van der Waals surface area contributed by atoms with Crippen molar-refractivity contribution in [2.75, 3.05) is 0 Å². The van der Waals surface area contributed by atoms with E-state index in [1.165, 1.54) is 24.3 Å². The molecule has 22 heavy (non-hydrogen) atoms. The number of hydrogen-bond acceptors (Lipinski definition) is 4. The van der Waals surface area contributed by atoms with Gasteiger partial charge in [-0.1, -0.05) is 44.7 Å². The van der Waals surface area contributed by atoms with E-state index in [-0.39, 0.29) is 18.1 Å². The summed E-state index contributed by atoms with van der Waals surface area (Å²) in [5.41, 5.74) is 3.68. The van der Waals surface area contributed by atoms with Crippen LogP contribution < -0.4 is 5.73 Å². The lowest BCUT2D eigenvalue weighted by atomic mass is 9.77. The molecule has 0 saturated heterocycles. The van der Waals surface area contributed by atoms with Gasteiger partial charge in [0.1, 0.15) is 5.41 Å². The fraction of sp³-hybridized carbons (Fsp3) is 0.438. The van der Waals surface area contributed by atoms with Gasteiger partial charge in [0, 0.05) is 12.8 Å². The Morgan fingerprint density at radius 3 is 1.95 bits per heavy atom. The Morgan fingerprint density at radius 2 is 1.64 bits per heavy atom. The number of aliphatic carboxylic acids is 1. The average molecular weight is 309 g/mol. The second-order valence-electron chi connectivity index (χ2n) is 4.93. The number of Topliss-reactive ketones (excluding diaryl/α,β-unsaturated/α-hetero) is 1. The fourth-order valence-corrected chi connectivity index (χ4v) is 1.70. The molecule has 0 unspecified atom stereocenters. The van der Waals surface area contributed by atoms with E-state index in [0.29, 0.717) is 18.4 Å². The van der Waals surface area contributed by atoms with Crippen molar-refractivity contribution in [3.63, 3.8) is 0 Å². The van der Waals surface area contributed by atoms with Gasteiger partial charge in [-0.25, -0.2) is 0 Å². The maximum Gasteiger partial charge on any atom is 0.317 e. The van der Waals surface area contributed by atoms with Crippen molar-refractivity contribution >= 4 is 17.7 Å². The van der Waals surface area contributed by atoms with Crippen molar-refractivity contribution in [2.45, 2.75) is 39.2 Å². The fourth-order valence-electron chi connectivity index (χ4n) is 1.70. The normalized spacial score (nSPS) is 22.4. The number of amides is 1. The number of hydrogen-bond donors (Lipinski definition) is 3. The first-order valence-corrected chi connectivity index (χ1v) is 6.98. The maximum atomic E-state index is 11.4. The number of nitrogens with two attached hydrogens (primary N) is 1. The molecule has 1 amide bonds. The predicted octanol–water partition coefficient (Wildman–Crippen LogP) is 1.35. The van der Waals surface area contributed by atoms with E-state index in [9.17, 15) is 24.6 Å². The van der Waals surface area contributed by atoms with E-state index >= 15 is 0 Å². The van der Waals surface area contributed by atoms with Crippen LogP contribution in [0.5, 0.6) is 0 Å². The second kappa shape index (κ2) is 8.94. The number of aliphatic hydroxyl groups is 1. The Balaban J connectivity index is 0.000000763. The number of carbonyl (C=O) groups excluding carboxylic acids is 2. The summed E-state index contributed by atoms with van der Waals surface area (Å²) in [4.78, 5) is 32.3. The summed E-state index contributed by atoms with van der Waals surface area (Å²) in [6, 6.07) is 0. The average Bonchev–Trinajstić information content (AvgIpc) is 2.49. The van der Waals surface area contributed by atoms with Crippen LogP contribution in [-0.2, 0) is 14.4 Å². The zero-order valence-corrected chi connectivity index (χ0v) is 12.9. The van der Waals surface area contributed by atoms with Crippen LogP contribution in [0.15, 0.2) is 36.5 Å². The van der Waals surface area contributed by atoms with E-state index in [0.717, 1.165) is 0 Å². The largest absolute Gasteiger partial charge is 0.480 e. The highest BCUT2D eigenvalue weighted by Gasteiger charge is 2.36. The minimum Gasteiger partial charge on any atom is -0.480 e. The number of ketones is 1. The van der Waals surface area contributed by atoms with Gasteiger partial charge in [0.25, 0.3) is 0 Å². The molecule has 0 radical (unpaired) electrons. The van der Waals surface area contributed by atoms with Crippen molar-refractivity contribution in [3.8, 4) is 0 Å². The van der Waals surface area contributed by atoms with Crippen molar-refractivity contribution in [1.82, 2.24) is 0 Å². The zero-order chi connectivity index (χ0) is 17.3. The zero-order valence-electron chi connectivity index (χ0n) is 12.9. The predicted molar refractivity (Wildman–Crippen MR) is 82.9 cm³/mol. The topological polar surface area (TPSA) is 118 Å². The van der Waals surface area contributed by atoms with Crippen LogP contribution in [-0.4, -0.2) is 34.0 Å².